The van der Waals surface area contributed by atoms with Crippen molar-refractivity contribution in [3.63, 3.8) is 0 Å². The molecule has 2 aromatic carbocycles. The van der Waals surface area contributed by atoms with Crippen LogP contribution in [0.2, 0.25) is 0 Å². The number of hydrogen-bond donors (Lipinski definition) is 0. The number of fused-ring (bicyclic) bond motifs is 1. The van der Waals surface area contributed by atoms with E-state index in [1.807, 2.05) is 58.0 Å². The number of carbonyl (C=O) groups is 1. The van der Waals surface area contributed by atoms with Crippen LogP contribution in [0.25, 0.3) is 17.2 Å². The number of halogens is 1. The average molecular weight is 397 g/mol. The first kappa shape index (κ1) is 20.4. The summed E-state index contributed by atoms with van der Waals surface area (Å²) in [7, 11) is -1.02. The molecule has 0 fully saturated rings. The van der Waals surface area contributed by atoms with Crippen LogP contribution in [0.5, 0.6) is 0 Å². The van der Waals surface area contributed by atoms with Gasteiger partial charge < -0.3 is 0 Å². The molecular formula is C24H25FO2S. The number of rotatable bonds is 4. The van der Waals surface area contributed by atoms with Crippen molar-refractivity contribution in [2.24, 2.45) is 5.41 Å². The van der Waals surface area contributed by atoms with Crippen molar-refractivity contribution in [1.82, 2.24) is 0 Å². The topological polar surface area (TPSA) is 34.1 Å². The Kier molecular flexibility index (Phi) is 5.53. The molecule has 3 rings (SSSR count). The van der Waals surface area contributed by atoms with Crippen LogP contribution in [-0.4, -0.2) is 16.2 Å². The predicted octanol–water partition coefficient (Wildman–Crippen LogP) is 5.90. The summed E-state index contributed by atoms with van der Waals surface area (Å²) >= 11 is 0. The first-order valence-corrected chi connectivity index (χ1v) is 10.8. The van der Waals surface area contributed by atoms with Gasteiger partial charge in [-0.25, -0.2) is 4.39 Å². The molecule has 0 saturated carbocycles. The fourth-order valence-corrected chi connectivity index (χ4v) is 3.85. The molecule has 0 radical (unpaired) electrons. The lowest BCUT2D eigenvalue weighted by molar-refractivity contribution is -0.125. The largest absolute Gasteiger partial charge is 0.299 e. The second kappa shape index (κ2) is 7.59. The molecule has 0 bridgehead atoms. The average Bonchev–Trinajstić information content (AvgIpc) is 2.86. The van der Waals surface area contributed by atoms with Gasteiger partial charge in [0.25, 0.3) is 0 Å². The van der Waals surface area contributed by atoms with E-state index in [0.29, 0.717) is 0 Å². The molecule has 0 aliphatic heterocycles. The first-order chi connectivity index (χ1) is 13.1. The van der Waals surface area contributed by atoms with Gasteiger partial charge in [-0.15, -0.1) is 0 Å². The van der Waals surface area contributed by atoms with Crippen molar-refractivity contribution >= 4 is 33.8 Å². The number of benzene rings is 2. The molecule has 1 unspecified atom stereocenters. The van der Waals surface area contributed by atoms with Gasteiger partial charge in [0.05, 0.1) is 0 Å². The summed E-state index contributed by atoms with van der Waals surface area (Å²) in [5.41, 5.74) is 5.16. The molecule has 1 aliphatic carbocycles. The Morgan fingerprint density at radius 2 is 1.71 bits per heavy atom. The predicted molar refractivity (Wildman–Crippen MR) is 115 cm³/mol. The Morgan fingerprint density at radius 3 is 2.29 bits per heavy atom. The molecule has 28 heavy (non-hydrogen) atoms. The molecule has 0 heterocycles. The van der Waals surface area contributed by atoms with Crippen LogP contribution in [0.1, 0.15) is 50.8 Å². The van der Waals surface area contributed by atoms with E-state index in [0.717, 1.165) is 38.3 Å². The van der Waals surface area contributed by atoms with Gasteiger partial charge in [0.2, 0.25) is 0 Å². The summed E-state index contributed by atoms with van der Waals surface area (Å²) in [6.07, 6.45) is 3.99. The lowest BCUT2D eigenvalue weighted by atomic mass is 9.85. The number of ketones is 1. The second-order valence-corrected chi connectivity index (χ2v) is 9.60. The van der Waals surface area contributed by atoms with Crippen LogP contribution < -0.4 is 0 Å². The Bertz CT molecular complexity index is 1020. The fraction of sp³-hybridized carbons (Fsp3) is 0.292. The van der Waals surface area contributed by atoms with E-state index in [1.165, 1.54) is 12.1 Å². The quantitative estimate of drug-likeness (QED) is 0.645. The van der Waals surface area contributed by atoms with Gasteiger partial charge in [0.15, 0.2) is 0 Å². The second-order valence-electron chi connectivity index (χ2n) is 8.22. The van der Waals surface area contributed by atoms with E-state index in [9.17, 15) is 13.4 Å². The van der Waals surface area contributed by atoms with Crippen molar-refractivity contribution in [3.8, 4) is 0 Å². The van der Waals surface area contributed by atoms with Crippen molar-refractivity contribution in [2.45, 2.75) is 39.0 Å². The van der Waals surface area contributed by atoms with Crippen LogP contribution >= 0.6 is 0 Å². The first-order valence-electron chi connectivity index (χ1n) is 9.27. The summed E-state index contributed by atoms with van der Waals surface area (Å²) in [6.45, 7) is 7.71. The summed E-state index contributed by atoms with van der Waals surface area (Å²) in [6, 6.07) is 12.3. The normalized spacial score (nSPS) is 16.4. The van der Waals surface area contributed by atoms with Crippen molar-refractivity contribution in [1.29, 1.82) is 0 Å². The fourth-order valence-electron chi connectivity index (χ4n) is 3.33. The molecule has 0 spiro atoms. The maximum atomic E-state index is 14.0. The number of allylic oxidation sites excluding steroid dienone is 3. The van der Waals surface area contributed by atoms with E-state index in [2.05, 4.69) is 0 Å². The Balaban J connectivity index is 2.08. The van der Waals surface area contributed by atoms with Crippen LogP contribution in [0, 0.1) is 11.2 Å². The minimum absolute atomic E-state index is 0.132. The zero-order chi connectivity index (χ0) is 20.6. The van der Waals surface area contributed by atoms with E-state index in [-0.39, 0.29) is 18.0 Å². The van der Waals surface area contributed by atoms with Gasteiger partial charge in [-0.2, -0.15) is 0 Å². The molecule has 1 aliphatic rings. The van der Waals surface area contributed by atoms with Gasteiger partial charge in [-0.1, -0.05) is 39.0 Å². The zero-order valence-electron chi connectivity index (χ0n) is 16.9. The van der Waals surface area contributed by atoms with Gasteiger partial charge in [-0.3, -0.25) is 9.00 Å². The Labute approximate surface area is 168 Å². The van der Waals surface area contributed by atoms with Crippen molar-refractivity contribution < 1.29 is 13.4 Å². The van der Waals surface area contributed by atoms with E-state index in [1.54, 1.807) is 12.3 Å². The molecule has 2 aromatic rings. The third-order valence-corrected chi connectivity index (χ3v) is 6.09. The van der Waals surface area contributed by atoms with E-state index >= 15 is 0 Å². The smallest absolute Gasteiger partial charge is 0.142 e. The maximum Gasteiger partial charge on any atom is 0.142 e. The Morgan fingerprint density at radius 1 is 1.07 bits per heavy atom. The highest BCUT2D eigenvalue weighted by atomic mass is 32.2. The zero-order valence-corrected chi connectivity index (χ0v) is 17.7. The monoisotopic (exact) mass is 396 g/mol. The number of Topliss-reactive ketones (excluding diaryl/α,β-unsaturated/α-hetero) is 1. The molecule has 0 aromatic heterocycles. The van der Waals surface area contributed by atoms with Crippen LogP contribution in [-0.2, 0) is 15.6 Å². The molecular weight excluding hydrogens is 371 g/mol. The van der Waals surface area contributed by atoms with Crippen LogP contribution in [0.3, 0.4) is 0 Å². The molecule has 0 amide bonds. The van der Waals surface area contributed by atoms with Gasteiger partial charge in [0, 0.05) is 33.8 Å². The standard InChI is InChI=1S/C24H25FO2S/c1-15-20(12-16-6-9-18(10-7-16)28(5)27)19-11-8-17(25)13-22(19)21(15)14-23(26)24(2,3)4/h6-13H,14H2,1-5H3/b20-12+. The molecule has 1 atom stereocenters. The van der Waals surface area contributed by atoms with Crippen LogP contribution in [0.4, 0.5) is 4.39 Å². The summed E-state index contributed by atoms with van der Waals surface area (Å²) in [5.74, 6) is -0.170. The molecule has 146 valence electrons. The number of hydrogen-bond acceptors (Lipinski definition) is 2. The van der Waals surface area contributed by atoms with E-state index in [4.69, 9.17) is 0 Å². The van der Waals surface area contributed by atoms with Crippen molar-refractivity contribution in [2.75, 3.05) is 6.26 Å². The van der Waals surface area contributed by atoms with E-state index < -0.39 is 16.2 Å². The lowest BCUT2D eigenvalue weighted by Gasteiger charge is -2.17. The van der Waals surface area contributed by atoms with Gasteiger partial charge >= 0.3 is 0 Å². The minimum atomic E-state index is -1.02. The highest BCUT2D eigenvalue weighted by molar-refractivity contribution is 7.84. The SMILES string of the molecule is CC1=C(CC(=O)C(C)(C)C)c2cc(F)ccc2/C1=C/c1ccc(S(C)=O)cc1. The highest BCUT2D eigenvalue weighted by Gasteiger charge is 2.29. The molecule has 0 saturated heterocycles. The molecule has 4 heteroatoms. The third-order valence-electron chi connectivity index (χ3n) is 5.15. The van der Waals surface area contributed by atoms with Crippen LogP contribution in [0.15, 0.2) is 52.9 Å². The summed E-state index contributed by atoms with van der Waals surface area (Å²) in [5, 5.41) is 0. The molecule has 0 N–H and O–H groups in total. The van der Waals surface area contributed by atoms with Crippen molar-refractivity contribution in [3.05, 3.63) is 70.5 Å². The van der Waals surface area contributed by atoms with Gasteiger partial charge in [-0.05, 0) is 70.7 Å². The highest BCUT2D eigenvalue weighted by Crippen LogP contribution is 2.44. The summed E-state index contributed by atoms with van der Waals surface area (Å²) < 4.78 is 25.5. The minimum Gasteiger partial charge on any atom is -0.299 e. The summed E-state index contributed by atoms with van der Waals surface area (Å²) in [4.78, 5) is 13.4. The number of carbonyl (C=O) groups excluding carboxylic acids is 1. The molecule has 2 nitrogen and oxygen atoms in total. The third kappa shape index (κ3) is 4.07. The Hall–Kier alpha value is -2.33. The van der Waals surface area contributed by atoms with Gasteiger partial charge in [0.1, 0.15) is 11.6 Å². The lowest BCUT2D eigenvalue weighted by Crippen LogP contribution is -2.20. The maximum absolute atomic E-state index is 14.0.